The van der Waals surface area contributed by atoms with E-state index in [1.165, 1.54) is 11.3 Å². The lowest BCUT2D eigenvalue weighted by Gasteiger charge is -2.22. The fourth-order valence-corrected chi connectivity index (χ4v) is 5.17. The van der Waals surface area contributed by atoms with Gasteiger partial charge in [-0.3, -0.25) is 9.59 Å². The summed E-state index contributed by atoms with van der Waals surface area (Å²) in [7, 11) is 0. The van der Waals surface area contributed by atoms with Gasteiger partial charge in [-0.05, 0) is 48.7 Å². The first-order chi connectivity index (χ1) is 12.9. The van der Waals surface area contributed by atoms with Crippen molar-refractivity contribution in [1.82, 2.24) is 0 Å². The van der Waals surface area contributed by atoms with Crippen molar-refractivity contribution in [3.05, 3.63) is 72.5 Å². The third-order valence-electron chi connectivity index (χ3n) is 4.62. The fourth-order valence-electron chi connectivity index (χ4n) is 3.31. The number of anilines is 1. The van der Waals surface area contributed by atoms with E-state index >= 15 is 0 Å². The Morgan fingerprint density at radius 1 is 1.26 bits per heavy atom. The summed E-state index contributed by atoms with van der Waals surface area (Å²) in [5, 5.41) is 13.3. The molecule has 1 unspecified atom stereocenters. The Morgan fingerprint density at radius 3 is 2.74 bits per heavy atom. The number of benzene rings is 1. The smallest absolute Gasteiger partial charge is 0.264 e. The molecule has 3 heterocycles. The first kappa shape index (κ1) is 18.6. The van der Waals surface area contributed by atoms with E-state index in [0.717, 1.165) is 14.2 Å². The van der Waals surface area contributed by atoms with Crippen LogP contribution in [0.25, 0.3) is 0 Å². The van der Waals surface area contributed by atoms with Crippen LogP contribution in [0, 0.1) is 6.92 Å². The molecule has 0 bridgehead atoms. The van der Waals surface area contributed by atoms with Gasteiger partial charge in [0.05, 0.1) is 23.5 Å². The topological polar surface area (TPSA) is 57.6 Å². The van der Waals surface area contributed by atoms with Crippen LogP contribution in [0.4, 0.5) is 5.69 Å². The third-order valence-corrected chi connectivity index (χ3v) is 7.02. The second-order valence-corrected chi connectivity index (χ2v) is 9.74. The van der Waals surface area contributed by atoms with Crippen molar-refractivity contribution in [3.63, 3.8) is 0 Å². The summed E-state index contributed by atoms with van der Waals surface area (Å²) in [6.07, 6.45) is -0.268. The lowest BCUT2D eigenvalue weighted by molar-refractivity contribution is -0.136. The largest absolute Gasteiger partial charge is 0.375 e. The fraction of sp³-hybridized carbons (Fsp3) is 0.200. The number of hydrogen-bond acceptors (Lipinski definition) is 5. The maximum Gasteiger partial charge on any atom is 0.264 e. The van der Waals surface area contributed by atoms with Crippen molar-refractivity contribution < 1.29 is 14.7 Å². The molecule has 1 aliphatic heterocycles. The predicted molar refractivity (Wildman–Crippen MR) is 112 cm³/mol. The normalized spacial score (nSPS) is 18.8. The Kier molecular flexibility index (Phi) is 4.80. The average Bonchev–Trinajstić information content (AvgIpc) is 3.33. The number of carbonyl (C=O) groups is 2. The van der Waals surface area contributed by atoms with Gasteiger partial charge in [0, 0.05) is 19.8 Å². The number of aliphatic hydroxyl groups is 1. The Hall–Kier alpha value is -1.80. The summed E-state index contributed by atoms with van der Waals surface area (Å²) in [6.45, 7) is 2.30. The molecule has 1 amide bonds. The molecule has 3 aromatic rings. The minimum atomic E-state index is -1.86. The first-order valence-corrected chi connectivity index (χ1v) is 10.8. The molecule has 7 heteroatoms. The van der Waals surface area contributed by atoms with Crippen LogP contribution in [-0.2, 0) is 16.9 Å². The molecule has 0 radical (unpaired) electrons. The highest BCUT2D eigenvalue weighted by atomic mass is 79.9. The highest BCUT2D eigenvalue weighted by Crippen LogP contribution is 2.45. The van der Waals surface area contributed by atoms with Gasteiger partial charge in [-0.2, -0.15) is 0 Å². The highest BCUT2D eigenvalue weighted by Gasteiger charge is 2.51. The first-order valence-electron chi connectivity index (χ1n) is 8.35. The van der Waals surface area contributed by atoms with E-state index in [2.05, 4.69) is 15.9 Å². The average molecular weight is 462 g/mol. The van der Waals surface area contributed by atoms with E-state index in [1.54, 1.807) is 28.4 Å². The molecule has 1 atom stereocenters. The molecule has 1 aromatic carbocycles. The molecule has 2 aromatic heterocycles. The number of halogens is 1. The van der Waals surface area contributed by atoms with Crippen LogP contribution in [0.3, 0.4) is 0 Å². The number of hydrogen-bond donors (Lipinski definition) is 1. The van der Waals surface area contributed by atoms with Gasteiger partial charge in [0.15, 0.2) is 11.4 Å². The van der Waals surface area contributed by atoms with Crippen molar-refractivity contribution in [2.24, 2.45) is 0 Å². The minimum absolute atomic E-state index is 0.229. The van der Waals surface area contributed by atoms with Gasteiger partial charge in [-0.1, -0.05) is 22.0 Å². The van der Waals surface area contributed by atoms with Gasteiger partial charge in [0.2, 0.25) is 0 Å². The maximum atomic E-state index is 13.2. The van der Waals surface area contributed by atoms with Crippen LogP contribution in [0.2, 0.25) is 0 Å². The quantitative estimate of drug-likeness (QED) is 0.550. The molecule has 4 nitrogen and oxygen atoms in total. The Bertz CT molecular complexity index is 1030. The molecule has 0 saturated carbocycles. The Morgan fingerprint density at radius 2 is 2.07 bits per heavy atom. The number of thiophene rings is 2. The summed E-state index contributed by atoms with van der Waals surface area (Å²) in [5.74, 6) is -0.682. The van der Waals surface area contributed by atoms with Gasteiger partial charge in [0.1, 0.15) is 0 Å². The predicted octanol–water partition coefficient (Wildman–Crippen LogP) is 4.89. The molecule has 0 spiro atoms. The van der Waals surface area contributed by atoms with E-state index < -0.39 is 11.5 Å². The van der Waals surface area contributed by atoms with Crippen LogP contribution in [-0.4, -0.2) is 16.8 Å². The van der Waals surface area contributed by atoms with Crippen LogP contribution < -0.4 is 4.90 Å². The summed E-state index contributed by atoms with van der Waals surface area (Å²) in [4.78, 5) is 30.1. The molecule has 27 heavy (non-hydrogen) atoms. The second-order valence-electron chi connectivity index (χ2n) is 6.50. The summed E-state index contributed by atoms with van der Waals surface area (Å²) in [6, 6.07) is 12.9. The molecule has 1 N–H and O–H groups in total. The summed E-state index contributed by atoms with van der Waals surface area (Å²) < 4.78 is 0.755. The molecule has 0 fully saturated rings. The molecule has 1 aliphatic rings. The van der Waals surface area contributed by atoms with Crippen molar-refractivity contribution in [2.45, 2.75) is 25.5 Å². The zero-order chi connectivity index (χ0) is 19.2. The molecule has 138 valence electrons. The zero-order valence-electron chi connectivity index (χ0n) is 14.4. The minimum Gasteiger partial charge on any atom is -0.375 e. The van der Waals surface area contributed by atoms with Crippen molar-refractivity contribution in [2.75, 3.05) is 4.90 Å². The van der Waals surface area contributed by atoms with Crippen molar-refractivity contribution in [1.29, 1.82) is 0 Å². The Labute approximate surface area is 173 Å². The van der Waals surface area contributed by atoms with Gasteiger partial charge in [0.25, 0.3) is 5.91 Å². The molecular weight excluding hydrogens is 446 g/mol. The third kappa shape index (κ3) is 3.29. The van der Waals surface area contributed by atoms with E-state index in [4.69, 9.17) is 0 Å². The SMILES string of the molecule is Cc1ccc(C(=O)CC2(O)C(=O)N(Cc3cccs3)c3ccc(Br)cc32)s1. The summed E-state index contributed by atoms with van der Waals surface area (Å²) >= 11 is 6.34. The van der Waals surface area contributed by atoms with Crippen LogP contribution >= 0.6 is 38.6 Å². The standard InChI is InChI=1S/C20H16BrNO3S2/c1-12-4-7-18(27-12)17(23)10-20(25)15-9-13(21)5-6-16(15)22(19(20)24)11-14-3-2-8-26-14/h2-9,25H,10-11H2,1H3. The maximum absolute atomic E-state index is 13.2. The van der Waals surface area contributed by atoms with Gasteiger partial charge in [-0.15, -0.1) is 22.7 Å². The molecule has 4 rings (SSSR count). The molecule has 0 aliphatic carbocycles. The second kappa shape index (κ2) is 6.98. The van der Waals surface area contributed by atoms with Gasteiger partial charge in [-0.25, -0.2) is 0 Å². The van der Waals surface area contributed by atoms with E-state index in [0.29, 0.717) is 22.7 Å². The van der Waals surface area contributed by atoms with Crippen molar-refractivity contribution >= 4 is 56.0 Å². The number of ketones is 1. The number of aryl methyl sites for hydroxylation is 1. The molecular formula is C20H16BrNO3S2. The van der Waals surface area contributed by atoms with Crippen LogP contribution in [0.1, 0.15) is 31.4 Å². The monoisotopic (exact) mass is 461 g/mol. The lowest BCUT2D eigenvalue weighted by Crippen LogP contribution is -2.41. The summed E-state index contributed by atoms with van der Waals surface area (Å²) in [5.41, 5.74) is -0.736. The highest BCUT2D eigenvalue weighted by molar-refractivity contribution is 9.10. The van der Waals surface area contributed by atoms with Gasteiger partial charge >= 0.3 is 0 Å². The number of amides is 1. The van der Waals surface area contributed by atoms with Crippen LogP contribution in [0.5, 0.6) is 0 Å². The number of fused-ring (bicyclic) bond motifs is 1. The number of rotatable bonds is 5. The zero-order valence-corrected chi connectivity index (χ0v) is 17.7. The number of nitrogens with zero attached hydrogens (tertiary/aromatic N) is 1. The van der Waals surface area contributed by atoms with Gasteiger partial charge < -0.3 is 10.0 Å². The van der Waals surface area contributed by atoms with E-state index in [1.807, 2.05) is 42.6 Å². The number of Topliss-reactive ketones (excluding diaryl/α,β-unsaturated/α-hetero) is 1. The van der Waals surface area contributed by atoms with Crippen molar-refractivity contribution in [3.8, 4) is 0 Å². The van der Waals surface area contributed by atoms with E-state index in [9.17, 15) is 14.7 Å². The Balaban J connectivity index is 1.72. The molecule has 0 saturated heterocycles. The van der Waals surface area contributed by atoms with Crippen LogP contribution in [0.15, 0.2) is 52.3 Å². The van der Waals surface area contributed by atoms with E-state index in [-0.39, 0.29) is 12.2 Å². The lowest BCUT2D eigenvalue weighted by atomic mass is 9.89. The number of carbonyl (C=O) groups excluding carboxylic acids is 2.